The highest BCUT2D eigenvalue weighted by Crippen LogP contribution is 2.49. The van der Waals surface area contributed by atoms with Gasteiger partial charge in [0.25, 0.3) is 0 Å². The van der Waals surface area contributed by atoms with Crippen molar-refractivity contribution >= 4 is 60.5 Å². The standard InChI is InChI=1S/C50H31NO2/c1-2-15-34(16-3-1)51(36-26-29-42-45-27-24-32-12-4-5-17-37(32)50(45)53-48(42)31-36)35-25-28-41-44-22-11-14-33-13-10-21-43(49(33)44)39-19-7-6-18-38(39)40-20-8-9-23-46(40)52-47(41)30-35/h1-31H. The Morgan fingerprint density at radius 3 is 1.79 bits per heavy atom. The Morgan fingerprint density at radius 1 is 0.340 bits per heavy atom. The number of anilines is 3. The Bertz CT molecular complexity index is 3040. The van der Waals surface area contributed by atoms with Gasteiger partial charge < -0.3 is 14.1 Å². The molecular formula is C50H31NO2. The van der Waals surface area contributed by atoms with Gasteiger partial charge in [0, 0.05) is 56.5 Å². The second kappa shape index (κ2) is 11.7. The van der Waals surface area contributed by atoms with Crippen molar-refractivity contribution < 1.29 is 9.15 Å². The molecule has 2 heterocycles. The molecule has 0 unspecified atom stereocenters. The zero-order chi connectivity index (χ0) is 34.9. The van der Waals surface area contributed by atoms with Crippen molar-refractivity contribution in [2.45, 2.75) is 0 Å². The van der Waals surface area contributed by atoms with Crippen LogP contribution in [0.4, 0.5) is 17.1 Å². The van der Waals surface area contributed by atoms with Crippen LogP contribution in [0, 0.1) is 0 Å². The Labute approximate surface area is 306 Å². The first kappa shape index (κ1) is 29.6. The summed E-state index contributed by atoms with van der Waals surface area (Å²) < 4.78 is 13.7. The SMILES string of the molecule is c1ccc(N(c2ccc3c(c2)Oc2ccccc2-c2ccccc2-c2cccc4cccc-3c24)c2ccc3c(c2)oc2c4ccccc4ccc32)cc1. The minimum absolute atomic E-state index is 0.786. The average Bonchev–Trinajstić information content (AvgIpc) is 3.60. The number of hydrogen-bond donors (Lipinski definition) is 0. The Morgan fingerprint density at radius 2 is 0.943 bits per heavy atom. The number of ether oxygens (including phenoxy) is 1. The highest BCUT2D eigenvalue weighted by molar-refractivity contribution is 6.15. The maximum atomic E-state index is 7.09. The lowest BCUT2D eigenvalue weighted by Gasteiger charge is -2.27. The van der Waals surface area contributed by atoms with Crippen molar-refractivity contribution in [3.8, 4) is 44.9 Å². The van der Waals surface area contributed by atoms with Crippen molar-refractivity contribution in [2.24, 2.45) is 0 Å². The van der Waals surface area contributed by atoms with E-state index in [0.717, 1.165) is 78.1 Å². The molecule has 11 rings (SSSR count). The molecule has 0 N–H and O–H groups in total. The largest absolute Gasteiger partial charge is 0.456 e. The van der Waals surface area contributed by atoms with Gasteiger partial charge in [-0.3, -0.25) is 0 Å². The molecule has 0 atom stereocenters. The fraction of sp³-hybridized carbons (Fsp3) is 0. The van der Waals surface area contributed by atoms with Crippen LogP contribution in [0.1, 0.15) is 0 Å². The highest BCUT2D eigenvalue weighted by Gasteiger charge is 2.23. The van der Waals surface area contributed by atoms with Gasteiger partial charge >= 0.3 is 0 Å². The van der Waals surface area contributed by atoms with Crippen LogP contribution in [0.15, 0.2) is 192 Å². The number of nitrogens with zero attached hydrogens (tertiary/aromatic N) is 1. The van der Waals surface area contributed by atoms with Crippen LogP contribution in [-0.2, 0) is 0 Å². The van der Waals surface area contributed by atoms with Crippen molar-refractivity contribution in [1.82, 2.24) is 0 Å². The van der Waals surface area contributed by atoms with E-state index < -0.39 is 0 Å². The van der Waals surface area contributed by atoms with Crippen LogP contribution in [0.5, 0.6) is 11.5 Å². The molecule has 0 spiro atoms. The van der Waals surface area contributed by atoms with E-state index in [1.807, 2.05) is 6.07 Å². The molecule has 1 aliphatic rings. The first-order chi connectivity index (χ1) is 26.3. The molecule has 0 saturated heterocycles. The molecule has 1 aromatic heterocycles. The zero-order valence-electron chi connectivity index (χ0n) is 28.7. The first-order valence-electron chi connectivity index (χ1n) is 18.0. The highest BCUT2D eigenvalue weighted by atomic mass is 16.5. The molecule has 0 amide bonds. The molecule has 248 valence electrons. The van der Waals surface area contributed by atoms with Gasteiger partial charge in [-0.1, -0.05) is 127 Å². The lowest BCUT2D eigenvalue weighted by molar-refractivity contribution is 0.486. The second-order valence-corrected chi connectivity index (χ2v) is 13.7. The van der Waals surface area contributed by atoms with E-state index in [1.165, 1.54) is 27.3 Å². The van der Waals surface area contributed by atoms with Crippen LogP contribution >= 0.6 is 0 Å². The topological polar surface area (TPSA) is 25.6 Å². The maximum absolute atomic E-state index is 7.09. The average molecular weight is 678 g/mol. The molecular weight excluding hydrogens is 647 g/mol. The summed E-state index contributed by atoms with van der Waals surface area (Å²) >= 11 is 0. The number of para-hydroxylation sites is 2. The molecule has 0 bridgehead atoms. The maximum Gasteiger partial charge on any atom is 0.143 e. The molecule has 53 heavy (non-hydrogen) atoms. The molecule has 3 nitrogen and oxygen atoms in total. The summed E-state index contributed by atoms with van der Waals surface area (Å²) in [5.74, 6) is 1.60. The van der Waals surface area contributed by atoms with Crippen LogP contribution < -0.4 is 9.64 Å². The van der Waals surface area contributed by atoms with Gasteiger partial charge in [-0.25, -0.2) is 0 Å². The van der Waals surface area contributed by atoms with Crippen LogP contribution in [0.3, 0.4) is 0 Å². The second-order valence-electron chi connectivity index (χ2n) is 13.7. The van der Waals surface area contributed by atoms with E-state index in [0.29, 0.717) is 0 Å². The van der Waals surface area contributed by atoms with E-state index in [2.05, 4.69) is 187 Å². The Kier molecular flexibility index (Phi) is 6.55. The van der Waals surface area contributed by atoms with Crippen molar-refractivity contribution in [3.05, 3.63) is 188 Å². The number of benzene rings is 9. The van der Waals surface area contributed by atoms with Crippen molar-refractivity contribution in [3.63, 3.8) is 0 Å². The molecule has 1 aliphatic heterocycles. The third-order valence-corrected chi connectivity index (χ3v) is 10.7. The lowest BCUT2D eigenvalue weighted by Crippen LogP contribution is -2.10. The smallest absolute Gasteiger partial charge is 0.143 e. The van der Waals surface area contributed by atoms with E-state index in [9.17, 15) is 0 Å². The minimum Gasteiger partial charge on any atom is -0.456 e. The van der Waals surface area contributed by atoms with E-state index >= 15 is 0 Å². The summed E-state index contributed by atoms with van der Waals surface area (Å²) in [5.41, 5.74) is 11.5. The fourth-order valence-corrected chi connectivity index (χ4v) is 8.25. The van der Waals surface area contributed by atoms with Gasteiger partial charge in [0.2, 0.25) is 0 Å². The monoisotopic (exact) mass is 677 g/mol. The third-order valence-electron chi connectivity index (χ3n) is 10.7. The van der Waals surface area contributed by atoms with E-state index in [4.69, 9.17) is 9.15 Å². The van der Waals surface area contributed by atoms with Gasteiger partial charge in [-0.2, -0.15) is 0 Å². The molecule has 9 aromatic carbocycles. The number of fused-ring (bicyclic) bond motifs is 11. The fourth-order valence-electron chi connectivity index (χ4n) is 8.25. The summed E-state index contributed by atoms with van der Waals surface area (Å²) in [6.45, 7) is 0. The normalized spacial score (nSPS) is 11.9. The van der Waals surface area contributed by atoms with Crippen molar-refractivity contribution in [1.29, 1.82) is 0 Å². The minimum atomic E-state index is 0.786. The van der Waals surface area contributed by atoms with Crippen molar-refractivity contribution in [2.75, 3.05) is 4.90 Å². The van der Waals surface area contributed by atoms with Crippen LogP contribution in [-0.4, -0.2) is 0 Å². The van der Waals surface area contributed by atoms with Gasteiger partial charge in [-0.05, 0) is 86.9 Å². The number of hydrogen-bond acceptors (Lipinski definition) is 3. The van der Waals surface area contributed by atoms with Gasteiger partial charge in [0.05, 0.1) is 0 Å². The lowest BCUT2D eigenvalue weighted by atomic mass is 9.87. The molecule has 3 heteroatoms. The van der Waals surface area contributed by atoms with Crippen LogP contribution in [0.25, 0.3) is 76.9 Å². The quantitative estimate of drug-likeness (QED) is 0.186. The van der Waals surface area contributed by atoms with Crippen LogP contribution in [0.2, 0.25) is 0 Å². The molecule has 0 saturated carbocycles. The summed E-state index contributed by atoms with van der Waals surface area (Å²) in [6.07, 6.45) is 0. The zero-order valence-corrected chi connectivity index (χ0v) is 28.7. The van der Waals surface area contributed by atoms with E-state index in [-0.39, 0.29) is 0 Å². The molecule has 0 aliphatic carbocycles. The number of rotatable bonds is 3. The van der Waals surface area contributed by atoms with Gasteiger partial charge in [0.1, 0.15) is 22.7 Å². The predicted molar refractivity (Wildman–Crippen MR) is 220 cm³/mol. The summed E-state index contributed by atoms with van der Waals surface area (Å²) in [7, 11) is 0. The van der Waals surface area contributed by atoms with Gasteiger partial charge in [-0.15, -0.1) is 0 Å². The summed E-state index contributed by atoms with van der Waals surface area (Å²) in [6, 6.07) is 66.6. The summed E-state index contributed by atoms with van der Waals surface area (Å²) in [5, 5.41) is 6.90. The molecule has 0 fully saturated rings. The predicted octanol–water partition coefficient (Wildman–Crippen LogP) is 14.5. The molecule has 10 aromatic rings. The van der Waals surface area contributed by atoms with E-state index in [1.54, 1.807) is 0 Å². The Balaban J connectivity index is 1.15. The summed E-state index contributed by atoms with van der Waals surface area (Å²) in [4.78, 5) is 2.28. The number of furan rings is 1. The third kappa shape index (κ3) is 4.68. The Hall–Kier alpha value is -7.10. The van der Waals surface area contributed by atoms with Gasteiger partial charge in [0.15, 0.2) is 0 Å². The first-order valence-corrected chi connectivity index (χ1v) is 18.0. The molecule has 0 radical (unpaired) electrons.